The Morgan fingerprint density at radius 3 is 2.36 bits per heavy atom. The SMILES string of the molecule is CC(=O)c1nccc2[nH]c(-c3cnc(C4CC(F)(F)C4)cc3[C@H]3CC[C@H](C(F)(F)F)CC3)cc(=O)c12. The lowest BCUT2D eigenvalue weighted by atomic mass is 9.75. The molecular weight excluding hydrogens is 481 g/mol. The van der Waals surface area contributed by atoms with Gasteiger partial charge in [0.05, 0.1) is 22.5 Å². The molecule has 1 N–H and O–H groups in total. The van der Waals surface area contributed by atoms with Crippen LogP contribution in [0.4, 0.5) is 22.0 Å². The van der Waals surface area contributed by atoms with Crippen LogP contribution in [0.2, 0.25) is 0 Å². The van der Waals surface area contributed by atoms with Gasteiger partial charge in [-0.15, -0.1) is 0 Å². The van der Waals surface area contributed by atoms with Gasteiger partial charge >= 0.3 is 6.18 Å². The van der Waals surface area contributed by atoms with Crippen molar-refractivity contribution in [2.75, 3.05) is 0 Å². The molecular formula is C26H24F5N3O2. The molecule has 0 saturated heterocycles. The summed E-state index contributed by atoms with van der Waals surface area (Å²) in [6.07, 6.45) is -1.41. The molecule has 0 aliphatic heterocycles. The zero-order valence-corrected chi connectivity index (χ0v) is 19.5. The maximum Gasteiger partial charge on any atom is 0.391 e. The molecule has 0 aromatic carbocycles. The molecule has 36 heavy (non-hydrogen) atoms. The van der Waals surface area contributed by atoms with E-state index >= 15 is 0 Å². The number of aromatic amines is 1. The topological polar surface area (TPSA) is 75.7 Å². The molecule has 190 valence electrons. The van der Waals surface area contributed by atoms with E-state index in [1.54, 1.807) is 12.1 Å². The second kappa shape index (κ2) is 8.74. The number of Topliss-reactive ketones (excluding diaryl/α,β-unsaturated/α-hetero) is 1. The maximum absolute atomic E-state index is 13.5. The van der Waals surface area contributed by atoms with E-state index in [0.29, 0.717) is 28.0 Å². The van der Waals surface area contributed by atoms with Crippen molar-refractivity contribution in [2.24, 2.45) is 5.92 Å². The molecule has 10 heteroatoms. The number of H-pyrrole nitrogens is 1. The Labute approximate surface area is 203 Å². The van der Waals surface area contributed by atoms with Crippen LogP contribution in [0, 0.1) is 5.92 Å². The van der Waals surface area contributed by atoms with Gasteiger partial charge in [-0.3, -0.25) is 19.6 Å². The average molecular weight is 505 g/mol. The number of hydrogen-bond donors (Lipinski definition) is 1. The van der Waals surface area contributed by atoms with Crippen LogP contribution in [0.25, 0.3) is 22.2 Å². The number of halogens is 5. The number of fused-ring (bicyclic) bond motifs is 1. The molecule has 0 unspecified atom stereocenters. The molecule has 3 aromatic heterocycles. The summed E-state index contributed by atoms with van der Waals surface area (Å²) in [7, 11) is 0. The third kappa shape index (κ3) is 4.53. The van der Waals surface area contributed by atoms with Crippen LogP contribution < -0.4 is 5.43 Å². The summed E-state index contributed by atoms with van der Waals surface area (Å²) in [5, 5.41) is 0.155. The Morgan fingerprint density at radius 1 is 1.06 bits per heavy atom. The van der Waals surface area contributed by atoms with Crippen molar-refractivity contribution < 1.29 is 26.7 Å². The van der Waals surface area contributed by atoms with Gasteiger partial charge in [-0.2, -0.15) is 13.2 Å². The smallest absolute Gasteiger partial charge is 0.354 e. The van der Waals surface area contributed by atoms with E-state index in [1.165, 1.54) is 25.4 Å². The van der Waals surface area contributed by atoms with Crippen LogP contribution in [0.15, 0.2) is 35.4 Å². The number of rotatable bonds is 4. The number of nitrogens with one attached hydrogen (secondary N) is 1. The fourth-order valence-electron chi connectivity index (χ4n) is 5.49. The summed E-state index contributed by atoms with van der Waals surface area (Å²) in [4.78, 5) is 36.5. The lowest BCUT2D eigenvalue weighted by molar-refractivity contribution is -0.182. The number of hydrogen-bond acceptors (Lipinski definition) is 4. The Hall–Kier alpha value is -3.17. The van der Waals surface area contributed by atoms with Gasteiger partial charge in [0.25, 0.3) is 0 Å². The molecule has 2 aliphatic rings. The van der Waals surface area contributed by atoms with Crippen molar-refractivity contribution >= 4 is 16.7 Å². The molecule has 2 fully saturated rings. The van der Waals surface area contributed by atoms with Crippen molar-refractivity contribution in [3.05, 3.63) is 57.8 Å². The van der Waals surface area contributed by atoms with Gasteiger partial charge in [-0.05, 0) is 49.3 Å². The van der Waals surface area contributed by atoms with Gasteiger partial charge in [0.1, 0.15) is 5.69 Å². The van der Waals surface area contributed by atoms with E-state index in [-0.39, 0.29) is 61.3 Å². The minimum atomic E-state index is -4.25. The van der Waals surface area contributed by atoms with E-state index in [0.717, 1.165) is 0 Å². The lowest BCUT2D eigenvalue weighted by Gasteiger charge is -2.35. The zero-order chi connectivity index (χ0) is 25.8. The molecule has 0 amide bonds. The van der Waals surface area contributed by atoms with Crippen LogP contribution in [-0.4, -0.2) is 32.8 Å². The summed E-state index contributed by atoms with van der Waals surface area (Å²) < 4.78 is 66.7. The standard InChI is InChI=1S/C26H24F5N3O2/c1-13(35)24-23-19(6-7-32-24)34-21(9-22(23)36)18-12-33-20(15-10-25(27,28)11-15)8-17(18)14-2-4-16(5-3-14)26(29,30)31/h6-9,12,14-16H,2-5,10-11H2,1H3,(H,34,36)/t14-,16-. The summed E-state index contributed by atoms with van der Waals surface area (Å²) in [5.41, 5.74) is 2.15. The van der Waals surface area contributed by atoms with Crippen LogP contribution in [0.1, 0.15) is 79.0 Å². The Bertz CT molecular complexity index is 1380. The van der Waals surface area contributed by atoms with E-state index in [4.69, 9.17) is 0 Å². The molecule has 2 aliphatic carbocycles. The van der Waals surface area contributed by atoms with Gasteiger partial charge < -0.3 is 4.98 Å². The number of aromatic nitrogens is 3. The molecule has 0 atom stereocenters. The third-order valence-electron chi connectivity index (χ3n) is 7.46. The van der Waals surface area contributed by atoms with Crippen LogP contribution >= 0.6 is 0 Å². The predicted octanol–water partition coefficient (Wildman–Crippen LogP) is 6.54. The van der Waals surface area contributed by atoms with Crippen LogP contribution in [0.5, 0.6) is 0 Å². The minimum Gasteiger partial charge on any atom is -0.354 e. The van der Waals surface area contributed by atoms with Gasteiger partial charge in [-0.1, -0.05) is 0 Å². The molecule has 0 bridgehead atoms. The lowest BCUT2D eigenvalue weighted by Crippen LogP contribution is -2.34. The predicted molar refractivity (Wildman–Crippen MR) is 123 cm³/mol. The third-order valence-corrected chi connectivity index (χ3v) is 7.46. The first-order valence-electron chi connectivity index (χ1n) is 11.9. The Balaban J connectivity index is 1.58. The van der Waals surface area contributed by atoms with Gasteiger partial charge in [0.2, 0.25) is 5.92 Å². The summed E-state index contributed by atoms with van der Waals surface area (Å²) in [6.45, 7) is 1.32. The minimum absolute atomic E-state index is 0.0192. The van der Waals surface area contributed by atoms with Gasteiger partial charge in [0, 0.05) is 55.4 Å². The second-order valence-corrected chi connectivity index (χ2v) is 9.93. The number of carbonyl (C=O) groups excluding carboxylic acids is 1. The zero-order valence-electron chi connectivity index (χ0n) is 19.5. The van der Waals surface area contributed by atoms with E-state index in [1.807, 2.05) is 0 Å². The van der Waals surface area contributed by atoms with Crippen molar-refractivity contribution in [2.45, 2.75) is 69.4 Å². The van der Waals surface area contributed by atoms with Crippen molar-refractivity contribution in [3.63, 3.8) is 0 Å². The average Bonchev–Trinajstić information content (AvgIpc) is 2.81. The summed E-state index contributed by atoms with van der Waals surface area (Å²) in [6, 6.07) is 4.62. The number of carbonyl (C=O) groups is 1. The molecule has 3 heterocycles. The molecule has 5 rings (SSSR count). The van der Waals surface area contributed by atoms with E-state index < -0.39 is 29.4 Å². The first kappa shape index (κ1) is 24.5. The second-order valence-electron chi connectivity index (χ2n) is 9.93. The first-order valence-corrected chi connectivity index (χ1v) is 11.9. The largest absolute Gasteiger partial charge is 0.391 e. The quantitative estimate of drug-likeness (QED) is 0.323. The maximum atomic E-state index is 13.5. The number of pyridine rings is 3. The highest BCUT2D eigenvalue weighted by molar-refractivity contribution is 6.04. The first-order chi connectivity index (χ1) is 16.9. The molecule has 3 aromatic rings. The number of alkyl halides is 5. The van der Waals surface area contributed by atoms with Crippen LogP contribution in [0.3, 0.4) is 0 Å². The van der Waals surface area contributed by atoms with E-state index in [2.05, 4.69) is 15.0 Å². The molecule has 2 saturated carbocycles. The van der Waals surface area contributed by atoms with Crippen LogP contribution in [-0.2, 0) is 0 Å². The Kier molecular flexibility index (Phi) is 5.95. The number of nitrogens with zero attached hydrogens (tertiary/aromatic N) is 2. The molecule has 0 spiro atoms. The summed E-state index contributed by atoms with van der Waals surface area (Å²) in [5.74, 6) is -5.10. The van der Waals surface area contributed by atoms with Crippen molar-refractivity contribution in [1.82, 2.24) is 15.0 Å². The fraction of sp³-hybridized carbons (Fsp3) is 0.462. The van der Waals surface area contributed by atoms with Crippen molar-refractivity contribution in [1.29, 1.82) is 0 Å². The number of ketones is 1. The monoisotopic (exact) mass is 505 g/mol. The fourth-order valence-corrected chi connectivity index (χ4v) is 5.49. The Morgan fingerprint density at radius 2 is 1.75 bits per heavy atom. The van der Waals surface area contributed by atoms with E-state index in [9.17, 15) is 31.5 Å². The highest BCUT2D eigenvalue weighted by atomic mass is 19.4. The summed E-state index contributed by atoms with van der Waals surface area (Å²) >= 11 is 0. The highest BCUT2D eigenvalue weighted by Crippen LogP contribution is 2.50. The normalized spacial score (nSPS) is 22.4. The highest BCUT2D eigenvalue weighted by Gasteiger charge is 2.47. The van der Waals surface area contributed by atoms with Crippen molar-refractivity contribution in [3.8, 4) is 11.3 Å². The van der Waals surface area contributed by atoms with Gasteiger partial charge in [0.15, 0.2) is 11.2 Å². The molecule has 0 radical (unpaired) electrons. The molecule has 5 nitrogen and oxygen atoms in total. The van der Waals surface area contributed by atoms with Gasteiger partial charge in [-0.25, -0.2) is 8.78 Å².